The molecule has 6 nitrogen and oxygen atoms in total. The van der Waals surface area contributed by atoms with Crippen LogP contribution in [0.25, 0.3) is 6.08 Å². The Kier molecular flexibility index (Phi) is 6.99. The molecule has 32 heavy (non-hydrogen) atoms. The lowest BCUT2D eigenvalue weighted by Crippen LogP contribution is -2.20. The number of anilines is 1. The lowest BCUT2D eigenvalue weighted by molar-refractivity contribution is -0.142. The molecule has 3 aromatic rings. The second kappa shape index (κ2) is 10.3. The van der Waals surface area contributed by atoms with Crippen molar-refractivity contribution in [2.75, 3.05) is 18.7 Å². The largest absolute Gasteiger partial charge is 0.454 e. The van der Waals surface area contributed by atoms with Gasteiger partial charge in [0.05, 0.1) is 5.69 Å². The van der Waals surface area contributed by atoms with Gasteiger partial charge in [-0.3, -0.25) is 4.79 Å². The fourth-order valence-electron chi connectivity index (χ4n) is 2.84. The summed E-state index contributed by atoms with van der Waals surface area (Å²) in [6, 6.07) is 20.1. The Morgan fingerprint density at radius 3 is 2.66 bits per heavy atom. The number of fused-ring (bicyclic) bond motifs is 1. The van der Waals surface area contributed by atoms with E-state index >= 15 is 0 Å². The number of amides is 1. The zero-order valence-electron chi connectivity index (χ0n) is 16.7. The molecule has 162 valence electrons. The molecule has 0 atom stereocenters. The molecule has 0 fully saturated rings. The summed E-state index contributed by atoms with van der Waals surface area (Å²) in [6.45, 7) is -0.217. The summed E-state index contributed by atoms with van der Waals surface area (Å²) in [5.41, 5.74) is 1.38. The normalized spacial score (nSPS) is 12.0. The Hall–Kier alpha value is -3.42. The van der Waals surface area contributed by atoms with Crippen molar-refractivity contribution in [3.8, 4) is 11.5 Å². The number of nitrogens with one attached hydrogen (secondary N) is 1. The molecule has 8 heteroatoms. The first kappa shape index (κ1) is 21.8. The van der Waals surface area contributed by atoms with Crippen LogP contribution in [0.3, 0.4) is 0 Å². The fraction of sp³-hybridized carbons (Fsp3) is 0.0833. The number of rotatable bonds is 7. The number of hydrogen-bond acceptors (Lipinski definition) is 6. The van der Waals surface area contributed by atoms with Gasteiger partial charge < -0.3 is 19.5 Å². The quantitative estimate of drug-likeness (QED) is 0.369. The van der Waals surface area contributed by atoms with Crippen molar-refractivity contribution in [1.29, 1.82) is 0 Å². The molecule has 4 rings (SSSR count). The molecule has 0 saturated carbocycles. The summed E-state index contributed by atoms with van der Waals surface area (Å²) in [4.78, 5) is 26.1. The highest BCUT2D eigenvalue weighted by atomic mass is 35.5. The summed E-state index contributed by atoms with van der Waals surface area (Å²) in [6.07, 6.45) is 2.84. The van der Waals surface area contributed by atoms with E-state index < -0.39 is 18.5 Å². The van der Waals surface area contributed by atoms with Crippen molar-refractivity contribution in [2.45, 2.75) is 9.79 Å². The maximum absolute atomic E-state index is 12.3. The highest BCUT2D eigenvalue weighted by Crippen LogP contribution is 2.34. The van der Waals surface area contributed by atoms with Gasteiger partial charge in [0.1, 0.15) is 0 Å². The predicted octanol–water partition coefficient (Wildman–Crippen LogP) is 5.42. The molecular formula is C24H18ClNO5S. The Morgan fingerprint density at radius 1 is 1.03 bits per heavy atom. The van der Waals surface area contributed by atoms with Crippen molar-refractivity contribution < 1.29 is 23.8 Å². The first-order valence-corrected chi connectivity index (χ1v) is 10.8. The van der Waals surface area contributed by atoms with E-state index in [1.54, 1.807) is 30.3 Å². The van der Waals surface area contributed by atoms with Crippen molar-refractivity contribution in [3.05, 3.63) is 83.4 Å². The molecule has 0 aliphatic carbocycles. The Bertz CT molecular complexity index is 1160. The number of benzene rings is 3. The summed E-state index contributed by atoms with van der Waals surface area (Å²) in [5, 5.41) is 3.44. The van der Waals surface area contributed by atoms with E-state index in [9.17, 15) is 9.59 Å². The molecule has 1 amide bonds. The first-order chi connectivity index (χ1) is 15.6. The molecule has 0 saturated heterocycles. The van der Waals surface area contributed by atoms with Gasteiger partial charge in [-0.1, -0.05) is 41.6 Å². The maximum Gasteiger partial charge on any atom is 0.331 e. The van der Waals surface area contributed by atoms with E-state index in [0.717, 1.165) is 15.4 Å². The lowest BCUT2D eigenvalue weighted by atomic mass is 10.2. The van der Waals surface area contributed by atoms with Gasteiger partial charge in [-0.25, -0.2) is 4.79 Å². The van der Waals surface area contributed by atoms with Crippen LogP contribution in [0, 0.1) is 0 Å². The topological polar surface area (TPSA) is 73.9 Å². The first-order valence-electron chi connectivity index (χ1n) is 9.63. The van der Waals surface area contributed by atoms with E-state index in [1.807, 2.05) is 42.5 Å². The van der Waals surface area contributed by atoms with E-state index in [4.69, 9.17) is 25.8 Å². The minimum Gasteiger partial charge on any atom is -0.454 e. The Labute approximate surface area is 194 Å². The molecule has 0 unspecified atom stereocenters. The van der Waals surface area contributed by atoms with Gasteiger partial charge in [0.15, 0.2) is 18.1 Å². The van der Waals surface area contributed by atoms with Crippen LogP contribution in [0.1, 0.15) is 5.56 Å². The van der Waals surface area contributed by atoms with Crippen LogP contribution >= 0.6 is 23.4 Å². The average Bonchev–Trinajstić information content (AvgIpc) is 3.27. The molecule has 0 bridgehead atoms. The number of ether oxygens (including phenoxy) is 3. The van der Waals surface area contributed by atoms with Crippen molar-refractivity contribution in [1.82, 2.24) is 0 Å². The van der Waals surface area contributed by atoms with Crippen LogP contribution < -0.4 is 14.8 Å². The lowest BCUT2D eigenvalue weighted by Gasteiger charge is -2.11. The molecule has 3 aromatic carbocycles. The number of carbonyl (C=O) groups is 2. The van der Waals surface area contributed by atoms with E-state index in [-0.39, 0.29) is 6.79 Å². The van der Waals surface area contributed by atoms with Crippen LogP contribution in [-0.4, -0.2) is 25.3 Å². The third-order valence-electron chi connectivity index (χ3n) is 4.36. The number of carbonyl (C=O) groups excluding carboxylic acids is 2. The smallest absolute Gasteiger partial charge is 0.331 e. The van der Waals surface area contributed by atoms with E-state index in [0.29, 0.717) is 22.2 Å². The fourth-order valence-corrected chi connectivity index (χ4v) is 3.87. The molecule has 1 aliphatic heterocycles. The maximum atomic E-state index is 12.3. The minimum absolute atomic E-state index is 0.182. The van der Waals surface area contributed by atoms with Crippen LogP contribution in [0.15, 0.2) is 82.6 Å². The number of halogens is 1. The summed E-state index contributed by atoms with van der Waals surface area (Å²) in [5.74, 6) is 0.228. The van der Waals surface area contributed by atoms with E-state index in [2.05, 4.69) is 5.32 Å². The third kappa shape index (κ3) is 5.84. The van der Waals surface area contributed by atoms with Gasteiger partial charge in [0.2, 0.25) is 6.79 Å². The zero-order valence-corrected chi connectivity index (χ0v) is 18.3. The van der Waals surface area contributed by atoms with Gasteiger partial charge in [-0.05, 0) is 60.2 Å². The van der Waals surface area contributed by atoms with Gasteiger partial charge in [-0.15, -0.1) is 0 Å². The van der Waals surface area contributed by atoms with Gasteiger partial charge in [0, 0.05) is 20.9 Å². The highest BCUT2D eigenvalue weighted by molar-refractivity contribution is 7.99. The van der Waals surface area contributed by atoms with E-state index in [1.165, 1.54) is 17.8 Å². The summed E-state index contributed by atoms with van der Waals surface area (Å²) in [7, 11) is 0. The van der Waals surface area contributed by atoms with Crippen LogP contribution in [-0.2, 0) is 14.3 Å². The number of hydrogen-bond donors (Lipinski definition) is 1. The van der Waals surface area contributed by atoms with Crippen molar-refractivity contribution in [2.24, 2.45) is 0 Å². The number of para-hydroxylation sites is 1. The molecule has 1 aliphatic rings. The molecule has 0 aromatic heterocycles. The predicted molar refractivity (Wildman–Crippen MR) is 123 cm³/mol. The standard InChI is InChI=1S/C24H18ClNO5S/c25-17-7-9-18(10-8-17)32-22-4-2-1-3-19(22)26-23(27)14-29-24(28)12-6-16-5-11-20-21(13-16)31-15-30-20/h1-13H,14-15H2,(H,26,27)/b12-6+. The third-order valence-corrected chi connectivity index (χ3v) is 5.69. The van der Waals surface area contributed by atoms with Crippen molar-refractivity contribution >= 4 is 47.0 Å². The molecule has 1 N–H and O–H groups in total. The van der Waals surface area contributed by atoms with Gasteiger partial charge >= 0.3 is 5.97 Å². The monoisotopic (exact) mass is 467 g/mol. The highest BCUT2D eigenvalue weighted by Gasteiger charge is 2.13. The van der Waals surface area contributed by atoms with Gasteiger partial charge in [0.25, 0.3) is 5.91 Å². The number of esters is 1. The SMILES string of the molecule is O=C(COC(=O)/C=C/c1ccc2c(c1)OCO2)Nc1ccccc1Sc1ccc(Cl)cc1. The van der Waals surface area contributed by atoms with Crippen LogP contribution in [0.4, 0.5) is 5.69 Å². The molecule has 0 radical (unpaired) electrons. The second-order valence-electron chi connectivity index (χ2n) is 6.65. The molecule has 1 heterocycles. The van der Waals surface area contributed by atoms with Gasteiger partial charge in [-0.2, -0.15) is 0 Å². The van der Waals surface area contributed by atoms with Crippen LogP contribution in [0.5, 0.6) is 11.5 Å². The van der Waals surface area contributed by atoms with Crippen molar-refractivity contribution in [3.63, 3.8) is 0 Å². The summed E-state index contributed by atoms with van der Waals surface area (Å²) < 4.78 is 15.6. The van der Waals surface area contributed by atoms with Crippen LogP contribution in [0.2, 0.25) is 5.02 Å². The Morgan fingerprint density at radius 2 is 1.81 bits per heavy atom. The second-order valence-corrected chi connectivity index (χ2v) is 8.21. The molecule has 0 spiro atoms. The summed E-state index contributed by atoms with van der Waals surface area (Å²) >= 11 is 7.42. The zero-order chi connectivity index (χ0) is 22.3. The minimum atomic E-state index is -0.623. The molecular weight excluding hydrogens is 450 g/mol. The Balaban J connectivity index is 1.30. The average molecular weight is 468 g/mol.